The fourth-order valence-electron chi connectivity index (χ4n) is 2.46. The Morgan fingerprint density at radius 2 is 2.14 bits per heavy atom. The topological polar surface area (TPSA) is 89.7 Å². The van der Waals surface area contributed by atoms with Crippen LogP contribution in [0.4, 0.5) is 0 Å². The van der Waals surface area contributed by atoms with Crippen molar-refractivity contribution in [2.24, 2.45) is 5.73 Å². The summed E-state index contributed by atoms with van der Waals surface area (Å²) in [4.78, 5) is 11.6. The number of ether oxygens (including phenoxy) is 1. The number of methoxy groups -OCH3 is 1. The Hall–Kier alpha value is -1.12. The predicted molar refractivity (Wildman–Crippen MR) is 81.4 cm³/mol. The van der Waals surface area contributed by atoms with Gasteiger partial charge in [0, 0.05) is 11.0 Å². The average molecular weight is 377 g/mol. The van der Waals surface area contributed by atoms with Crippen LogP contribution >= 0.6 is 15.9 Å². The highest BCUT2D eigenvalue weighted by molar-refractivity contribution is 9.10. The summed E-state index contributed by atoms with van der Waals surface area (Å²) >= 11 is 3.26. The maximum absolute atomic E-state index is 12.9. The summed E-state index contributed by atoms with van der Waals surface area (Å²) < 4.78 is 32.6. The van der Waals surface area contributed by atoms with Gasteiger partial charge in [-0.2, -0.15) is 4.31 Å². The van der Waals surface area contributed by atoms with Crippen molar-refractivity contribution >= 4 is 31.9 Å². The van der Waals surface area contributed by atoms with E-state index in [1.807, 2.05) is 0 Å². The standard InChI is InChI=1S/C13H17BrN2O4S/c1-20-11-6-5-9(14)8-12(11)21(18,19)16-7-3-2-4-10(16)13(15)17/h5-6,8,10H,2-4,7H2,1H3,(H2,15,17)/t10-/m0/s1. The van der Waals surface area contributed by atoms with Gasteiger partial charge in [-0.3, -0.25) is 4.79 Å². The molecule has 21 heavy (non-hydrogen) atoms. The van der Waals surface area contributed by atoms with E-state index in [1.165, 1.54) is 17.5 Å². The molecule has 1 saturated heterocycles. The summed E-state index contributed by atoms with van der Waals surface area (Å²) in [5, 5.41) is 0. The Balaban J connectivity index is 2.50. The summed E-state index contributed by atoms with van der Waals surface area (Å²) in [6.45, 7) is 0.283. The minimum atomic E-state index is -3.84. The number of carbonyl (C=O) groups is 1. The molecule has 0 spiro atoms. The van der Waals surface area contributed by atoms with Gasteiger partial charge in [-0.1, -0.05) is 22.4 Å². The van der Waals surface area contributed by atoms with E-state index in [9.17, 15) is 13.2 Å². The van der Waals surface area contributed by atoms with Crippen LogP contribution in [0.5, 0.6) is 5.75 Å². The lowest BCUT2D eigenvalue weighted by atomic mass is 10.0. The molecule has 0 saturated carbocycles. The molecule has 1 aliphatic rings. The van der Waals surface area contributed by atoms with Crippen LogP contribution in [-0.4, -0.2) is 38.3 Å². The molecule has 0 unspecified atom stereocenters. The highest BCUT2D eigenvalue weighted by atomic mass is 79.9. The number of halogens is 1. The second-order valence-electron chi connectivity index (χ2n) is 4.82. The van der Waals surface area contributed by atoms with Gasteiger partial charge in [0.1, 0.15) is 16.7 Å². The minimum absolute atomic E-state index is 0.0347. The molecule has 1 fully saturated rings. The monoisotopic (exact) mass is 376 g/mol. The Bertz CT molecular complexity index is 648. The van der Waals surface area contributed by atoms with Crippen LogP contribution in [0.15, 0.2) is 27.6 Å². The van der Waals surface area contributed by atoms with Crippen molar-refractivity contribution in [2.75, 3.05) is 13.7 Å². The number of sulfonamides is 1. The van der Waals surface area contributed by atoms with E-state index in [0.717, 1.165) is 6.42 Å². The van der Waals surface area contributed by atoms with Crippen molar-refractivity contribution in [3.8, 4) is 5.75 Å². The number of primary amides is 1. The number of nitrogens with two attached hydrogens (primary N) is 1. The Morgan fingerprint density at radius 1 is 1.43 bits per heavy atom. The molecule has 6 nitrogen and oxygen atoms in total. The number of hydrogen-bond donors (Lipinski definition) is 1. The normalized spacial score (nSPS) is 20.2. The first kappa shape index (κ1) is 16.3. The van der Waals surface area contributed by atoms with Crippen molar-refractivity contribution in [3.63, 3.8) is 0 Å². The third-order valence-corrected chi connectivity index (χ3v) is 5.92. The van der Waals surface area contributed by atoms with E-state index in [-0.39, 0.29) is 17.2 Å². The lowest BCUT2D eigenvalue weighted by molar-refractivity contribution is -0.122. The van der Waals surface area contributed by atoms with Crippen LogP contribution in [0, 0.1) is 0 Å². The molecular weight excluding hydrogens is 360 g/mol. The molecule has 1 amide bonds. The second kappa shape index (κ2) is 6.33. The Morgan fingerprint density at radius 3 is 2.76 bits per heavy atom. The van der Waals surface area contributed by atoms with Crippen molar-refractivity contribution in [2.45, 2.75) is 30.2 Å². The summed E-state index contributed by atoms with van der Waals surface area (Å²) in [6.07, 6.45) is 1.94. The molecule has 116 valence electrons. The molecule has 0 aromatic heterocycles. The zero-order valence-electron chi connectivity index (χ0n) is 11.6. The first-order chi connectivity index (χ1) is 9.87. The van der Waals surface area contributed by atoms with Crippen LogP contribution in [0.2, 0.25) is 0 Å². The number of nitrogens with zero attached hydrogens (tertiary/aromatic N) is 1. The van der Waals surface area contributed by atoms with Crippen molar-refractivity contribution in [1.29, 1.82) is 0 Å². The number of hydrogen-bond acceptors (Lipinski definition) is 4. The summed E-state index contributed by atoms with van der Waals surface area (Å²) in [5.74, 6) is -0.376. The largest absolute Gasteiger partial charge is 0.495 e. The number of rotatable bonds is 4. The Kier molecular flexibility index (Phi) is 4.90. The van der Waals surface area contributed by atoms with E-state index >= 15 is 0 Å². The lowest BCUT2D eigenvalue weighted by Crippen LogP contribution is -2.50. The zero-order valence-corrected chi connectivity index (χ0v) is 14.0. The molecule has 2 rings (SSSR count). The van der Waals surface area contributed by atoms with E-state index in [4.69, 9.17) is 10.5 Å². The lowest BCUT2D eigenvalue weighted by Gasteiger charge is -2.32. The van der Waals surface area contributed by atoms with Gasteiger partial charge in [0.05, 0.1) is 7.11 Å². The quantitative estimate of drug-likeness (QED) is 0.861. The molecule has 0 bridgehead atoms. The maximum Gasteiger partial charge on any atom is 0.247 e. The highest BCUT2D eigenvalue weighted by Crippen LogP contribution is 2.32. The average Bonchev–Trinajstić information content (AvgIpc) is 2.47. The van der Waals surface area contributed by atoms with Crippen molar-refractivity contribution in [3.05, 3.63) is 22.7 Å². The second-order valence-corrected chi connectivity index (χ2v) is 7.60. The summed E-state index contributed by atoms with van der Waals surface area (Å²) in [5.41, 5.74) is 5.35. The van der Waals surface area contributed by atoms with Gasteiger partial charge in [0.2, 0.25) is 15.9 Å². The van der Waals surface area contributed by atoms with E-state index < -0.39 is 22.0 Å². The molecule has 8 heteroatoms. The molecule has 0 radical (unpaired) electrons. The Labute approximate surface area is 132 Å². The summed E-state index contributed by atoms with van der Waals surface area (Å²) in [6, 6.07) is 3.94. The third kappa shape index (κ3) is 3.22. The first-order valence-electron chi connectivity index (χ1n) is 6.52. The zero-order chi connectivity index (χ0) is 15.6. The number of amides is 1. The molecule has 0 aliphatic carbocycles. The minimum Gasteiger partial charge on any atom is -0.495 e. The number of piperidine rings is 1. The van der Waals surface area contributed by atoms with Crippen molar-refractivity contribution < 1.29 is 17.9 Å². The van der Waals surface area contributed by atoms with Crippen LogP contribution in [0.1, 0.15) is 19.3 Å². The van der Waals surface area contributed by atoms with Crippen LogP contribution < -0.4 is 10.5 Å². The molecule has 1 heterocycles. The highest BCUT2D eigenvalue weighted by Gasteiger charge is 2.38. The van der Waals surface area contributed by atoms with Gasteiger partial charge in [-0.25, -0.2) is 8.42 Å². The maximum atomic E-state index is 12.9. The molecule has 1 aliphatic heterocycles. The van der Waals surface area contributed by atoms with E-state index in [0.29, 0.717) is 17.3 Å². The van der Waals surface area contributed by atoms with Crippen LogP contribution in [0.25, 0.3) is 0 Å². The fourth-order valence-corrected chi connectivity index (χ4v) is 4.82. The van der Waals surface area contributed by atoms with E-state index in [1.54, 1.807) is 12.1 Å². The van der Waals surface area contributed by atoms with Crippen LogP contribution in [0.3, 0.4) is 0 Å². The van der Waals surface area contributed by atoms with Gasteiger partial charge < -0.3 is 10.5 Å². The molecule has 2 N–H and O–H groups in total. The molecule has 1 aromatic rings. The molecule has 1 aromatic carbocycles. The van der Waals surface area contributed by atoms with Gasteiger partial charge in [-0.05, 0) is 31.0 Å². The van der Waals surface area contributed by atoms with Gasteiger partial charge in [0.25, 0.3) is 0 Å². The number of carbonyl (C=O) groups excluding carboxylic acids is 1. The third-order valence-electron chi connectivity index (χ3n) is 3.49. The van der Waals surface area contributed by atoms with Gasteiger partial charge >= 0.3 is 0 Å². The van der Waals surface area contributed by atoms with Gasteiger partial charge in [-0.15, -0.1) is 0 Å². The fraction of sp³-hybridized carbons (Fsp3) is 0.462. The summed E-state index contributed by atoms with van der Waals surface area (Å²) in [7, 11) is -2.44. The molecular formula is C13H17BrN2O4S. The smallest absolute Gasteiger partial charge is 0.247 e. The van der Waals surface area contributed by atoms with Gasteiger partial charge in [0.15, 0.2) is 0 Å². The van der Waals surface area contributed by atoms with Crippen molar-refractivity contribution in [1.82, 2.24) is 4.31 Å². The molecule has 1 atom stereocenters. The van der Waals surface area contributed by atoms with Crippen LogP contribution in [-0.2, 0) is 14.8 Å². The number of benzene rings is 1. The first-order valence-corrected chi connectivity index (χ1v) is 8.76. The SMILES string of the molecule is COc1ccc(Br)cc1S(=O)(=O)N1CCCC[C@H]1C(N)=O. The van der Waals surface area contributed by atoms with E-state index in [2.05, 4.69) is 15.9 Å². The predicted octanol–water partition coefficient (Wildman–Crippen LogP) is 1.49.